The second-order valence-electron chi connectivity index (χ2n) is 9.29. The van der Waals surface area contributed by atoms with E-state index >= 15 is 0 Å². The fraction of sp³-hybridized carbons (Fsp3) is 0.571. The van der Waals surface area contributed by atoms with Gasteiger partial charge in [-0.1, -0.05) is 19.9 Å². The Balaban J connectivity index is 2.23. The molecule has 0 spiro atoms. The molecule has 2 heterocycles. The molecule has 2 aromatic rings. The maximum Gasteiger partial charge on any atom is 0.494 e. The molecule has 1 N–H and O–H groups in total. The summed E-state index contributed by atoms with van der Waals surface area (Å²) in [6.07, 6.45) is 1.58. The average Bonchev–Trinajstić information content (AvgIpc) is 2.73. The van der Waals surface area contributed by atoms with E-state index in [9.17, 15) is 9.50 Å². The third kappa shape index (κ3) is 3.39. The zero-order valence-electron chi connectivity index (χ0n) is 17.5. The molecule has 0 atom stereocenters. The van der Waals surface area contributed by atoms with Gasteiger partial charge < -0.3 is 14.4 Å². The zero-order valence-corrected chi connectivity index (χ0v) is 17.5. The Kier molecular flexibility index (Phi) is 4.69. The van der Waals surface area contributed by atoms with Crippen LogP contribution < -0.4 is 5.46 Å². The Hall–Kier alpha value is -1.50. The van der Waals surface area contributed by atoms with Crippen LogP contribution in [0.3, 0.4) is 0 Å². The zero-order chi connectivity index (χ0) is 20.4. The highest BCUT2D eigenvalue weighted by Crippen LogP contribution is 2.38. The van der Waals surface area contributed by atoms with E-state index in [-0.39, 0.29) is 5.92 Å². The fourth-order valence-corrected chi connectivity index (χ4v) is 3.53. The molecule has 1 fully saturated rings. The molecule has 146 valence electrons. The molecular formula is C21H29BFNO3. The van der Waals surface area contributed by atoms with Crippen molar-refractivity contribution < 1.29 is 18.8 Å². The van der Waals surface area contributed by atoms with E-state index in [4.69, 9.17) is 9.31 Å². The summed E-state index contributed by atoms with van der Waals surface area (Å²) in [5.41, 5.74) is 0.439. The number of fused-ring (bicyclic) bond motifs is 1. The van der Waals surface area contributed by atoms with Crippen molar-refractivity contribution in [1.29, 1.82) is 0 Å². The number of halogens is 1. The maximum atomic E-state index is 14.9. The van der Waals surface area contributed by atoms with Crippen molar-refractivity contribution in [3.63, 3.8) is 0 Å². The van der Waals surface area contributed by atoms with Gasteiger partial charge >= 0.3 is 7.12 Å². The summed E-state index contributed by atoms with van der Waals surface area (Å²) in [4.78, 5) is 4.30. The minimum Gasteiger partial charge on any atom is -0.399 e. The predicted octanol–water partition coefficient (Wildman–Crippen LogP) is 4.02. The van der Waals surface area contributed by atoms with Gasteiger partial charge in [0.15, 0.2) is 0 Å². The highest BCUT2D eigenvalue weighted by atomic mass is 19.1. The van der Waals surface area contributed by atoms with Gasteiger partial charge in [-0.2, -0.15) is 0 Å². The van der Waals surface area contributed by atoms with Gasteiger partial charge in [0.2, 0.25) is 0 Å². The summed E-state index contributed by atoms with van der Waals surface area (Å²) in [5.74, 6) is -0.328. The lowest BCUT2D eigenvalue weighted by atomic mass is 9.77. The lowest BCUT2D eigenvalue weighted by Crippen LogP contribution is -2.41. The van der Waals surface area contributed by atoms with Crippen LogP contribution in [0.25, 0.3) is 10.9 Å². The number of pyridine rings is 1. The molecular weight excluding hydrogens is 344 g/mol. The predicted molar refractivity (Wildman–Crippen MR) is 107 cm³/mol. The summed E-state index contributed by atoms with van der Waals surface area (Å²) in [6.45, 7) is 15.4. The minimum atomic E-state index is -1.07. The smallest absolute Gasteiger partial charge is 0.399 e. The number of aliphatic hydroxyl groups is 1. The van der Waals surface area contributed by atoms with Gasteiger partial charge in [0.1, 0.15) is 11.3 Å². The normalized spacial score (nSPS) is 19.3. The van der Waals surface area contributed by atoms with E-state index < -0.39 is 29.7 Å². The van der Waals surface area contributed by atoms with Crippen LogP contribution in [0.5, 0.6) is 0 Å². The van der Waals surface area contributed by atoms with Crippen LogP contribution in [0, 0.1) is 5.82 Å². The van der Waals surface area contributed by atoms with Gasteiger partial charge in [-0.25, -0.2) is 4.39 Å². The van der Waals surface area contributed by atoms with Crippen molar-refractivity contribution in [3.05, 3.63) is 35.3 Å². The number of hydrogen-bond acceptors (Lipinski definition) is 4. The van der Waals surface area contributed by atoms with Crippen LogP contribution in [0.4, 0.5) is 4.39 Å². The van der Waals surface area contributed by atoms with Crippen LogP contribution in [0.15, 0.2) is 18.3 Å². The van der Waals surface area contributed by atoms with Gasteiger partial charge in [0, 0.05) is 17.1 Å². The van der Waals surface area contributed by atoms with Crippen molar-refractivity contribution >= 4 is 23.5 Å². The molecule has 0 saturated carbocycles. The van der Waals surface area contributed by atoms with E-state index in [0.717, 1.165) is 5.56 Å². The first-order valence-electron chi connectivity index (χ1n) is 9.45. The summed E-state index contributed by atoms with van der Waals surface area (Å²) >= 11 is 0. The third-order valence-corrected chi connectivity index (χ3v) is 5.75. The Morgan fingerprint density at radius 1 is 1.11 bits per heavy atom. The van der Waals surface area contributed by atoms with E-state index in [0.29, 0.717) is 21.9 Å². The van der Waals surface area contributed by atoms with E-state index in [1.165, 1.54) is 6.07 Å². The SMILES string of the molecule is CC(C)c1c(C(C)(C)O)cnc2c(F)cc(B3OC(C)(C)C(C)(C)O3)cc12. The Bertz CT molecular complexity index is 871. The van der Waals surface area contributed by atoms with Crippen molar-refractivity contribution in [2.24, 2.45) is 0 Å². The molecule has 0 bridgehead atoms. The van der Waals surface area contributed by atoms with Crippen molar-refractivity contribution in [3.8, 4) is 0 Å². The first kappa shape index (κ1) is 20.2. The van der Waals surface area contributed by atoms with Crippen LogP contribution in [0.1, 0.15) is 72.4 Å². The highest BCUT2D eigenvalue weighted by molar-refractivity contribution is 6.62. The van der Waals surface area contributed by atoms with Gasteiger partial charge in [-0.3, -0.25) is 4.98 Å². The number of aromatic nitrogens is 1. The minimum absolute atomic E-state index is 0.0878. The molecule has 1 aliphatic heterocycles. The van der Waals surface area contributed by atoms with Crippen LogP contribution in [-0.2, 0) is 14.9 Å². The van der Waals surface area contributed by atoms with Crippen molar-refractivity contribution in [2.45, 2.75) is 78.1 Å². The number of nitrogens with zero attached hydrogens (tertiary/aromatic N) is 1. The second-order valence-corrected chi connectivity index (χ2v) is 9.29. The highest BCUT2D eigenvalue weighted by Gasteiger charge is 2.51. The van der Waals surface area contributed by atoms with Crippen molar-refractivity contribution in [1.82, 2.24) is 4.98 Å². The largest absolute Gasteiger partial charge is 0.494 e. The molecule has 0 radical (unpaired) electrons. The van der Waals surface area contributed by atoms with Gasteiger partial charge in [-0.05, 0) is 64.6 Å². The number of rotatable bonds is 3. The molecule has 0 aliphatic carbocycles. The fourth-order valence-electron chi connectivity index (χ4n) is 3.53. The second kappa shape index (κ2) is 6.26. The summed E-state index contributed by atoms with van der Waals surface area (Å²) in [7, 11) is -0.653. The molecule has 4 nitrogen and oxygen atoms in total. The van der Waals surface area contributed by atoms with E-state index in [1.807, 2.05) is 47.6 Å². The monoisotopic (exact) mass is 373 g/mol. The maximum absolute atomic E-state index is 14.9. The molecule has 0 unspecified atom stereocenters. The van der Waals surface area contributed by atoms with Gasteiger partial charge in [0.05, 0.1) is 16.8 Å². The topological polar surface area (TPSA) is 51.6 Å². The lowest BCUT2D eigenvalue weighted by molar-refractivity contribution is 0.00578. The van der Waals surface area contributed by atoms with Crippen LogP contribution >= 0.6 is 0 Å². The van der Waals surface area contributed by atoms with E-state index in [2.05, 4.69) is 4.98 Å². The van der Waals surface area contributed by atoms with Gasteiger partial charge in [-0.15, -0.1) is 0 Å². The quantitative estimate of drug-likeness (QED) is 0.826. The first-order chi connectivity index (χ1) is 12.2. The molecule has 0 amide bonds. The van der Waals surface area contributed by atoms with Crippen LogP contribution in [0.2, 0.25) is 0 Å². The summed E-state index contributed by atoms with van der Waals surface area (Å²) in [5, 5.41) is 11.3. The Labute approximate surface area is 161 Å². The molecule has 6 heteroatoms. The Morgan fingerprint density at radius 2 is 1.67 bits per heavy atom. The molecule has 1 saturated heterocycles. The molecule has 27 heavy (non-hydrogen) atoms. The summed E-state index contributed by atoms with van der Waals surface area (Å²) < 4.78 is 27.1. The summed E-state index contributed by atoms with van der Waals surface area (Å²) in [6, 6.07) is 3.32. The van der Waals surface area contributed by atoms with Crippen LogP contribution in [-0.4, -0.2) is 28.4 Å². The third-order valence-electron chi connectivity index (χ3n) is 5.75. The Morgan fingerprint density at radius 3 is 2.15 bits per heavy atom. The van der Waals surface area contributed by atoms with Crippen molar-refractivity contribution in [2.75, 3.05) is 0 Å². The molecule has 1 aliphatic rings. The van der Waals surface area contributed by atoms with E-state index in [1.54, 1.807) is 20.0 Å². The average molecular weight is 373 g/mol. The first-order valence-corrected chi connectivity index (χ1v) is 9.45. The molecule has 1 aromatic carbocycles. The molecule has 1 aromatic heterocycles. The lowest BCUT2D eigenvalue weighted by Gasteiger charge is -2.32. The number of benzene rings is 1. The van der Waals surface area contributed by atoms with Gasteiger partial charge in [0.25, 0.3) is 0 Å². The standard InChI is InChI=1S/C21H29BFNO3/c1-12(2)17-14-9-13(22-26-20(5,6)21(7,8)27-22)10-16(23)18(14)24-11-15(17)19(3,4)25/h9-12,25H,1-8H3. The molecule has 3 rings (SSSR count). The number of hydrogen-bond donors (Lipinski definition) is 1.